The van der Waals surface area contributed by atoms with E-state index < -0.39 is 46.0 Å². The molecule has 1 saturated heterocycles. The van der Waals surface area contributed by atoms with Crippen molar-refractivity contribution in [3.63, 3.8) is 0 Å². The van der Waals surface area contributed by atoms with Gasteiger partial charge in [0.05, 0.1) is 0 Å². The summed E-state index contributed by atoms with van der Waals surface area (Å²) in [5.74, 6) is 0. The molecule has 15 heavy (non-hydrogen) atoms. The number of aliphatic hydroxyl groups is 5. The zero-order valence-electron chi connectivity index (χ0n) is 7.26. The maximum atomic E-state index is 10.3. The predicted molar refractivity (Wildman–Crippen MR) is 45.5 cm³/mol. The molecule has 0 spiro atoms. The van der Waals surface area contributed by atoms with Crippen molar-refractivity contribution in [1.82, 2.24) is 0 Å². The average molecular weight is 242 g/mol. The number of aliphatic hydroxyl groups excluding tert-OH is 5. The van der Waals surface area contributed by atoms with Crippen LogP contribution in [0.15, 0.2) is 0 Å². The minimum atomic E-state index is -3.04. The zero-order valence-corrected chi connectivity index (χ0v) is 8.07. The molecule has 0 aromatic rings. The summed E-state index contributed by atoms with van der Waals surface area (Å²) in [6, 6.07) is 0. The molecule has 0 amide bonds. The Hall–Kier alpha value is -0.550. The van der Waals surface area contributed by atoms with E-state index in [9.17, 15) is 13.5 Å². The quantitative estimate of drug-likeness (QED) is 0.296. The lowest BCUT2D eigenvalue weighted by molar-refractivity contribution is -0.268. The summed E-state index contributed by atoms with van der Waals surface area (Å²) in [6.07, 6.45) is -9.12. The second-order valence-electron chi connectivity index (χ2n) is 2.99. The minimum Gasteiger partial charge on any atom is -0.387 e. The van der Waals surface area contributed by atoms with E-state index in [2.05, 4.69) is 4.74 Å². The number of hydrogen-bond donors (Lipinski definition) is 5. The van der Waals surface area contributed by atoms with E-state index in [-0.39, 0.29) is 0 Å². The normalized spacial score (nSPS) is 41.3. The topological polar surface area (TPSA) is 145 Å². The molecule has 1 fully saturated rings. The van der Waals surface area contributed by atoms with Gasteiger partial charge in [-0.1, -0.05) is 0 Å². The summed E-state index contributed by atoms with van der Waals surface area (Å²) in [4.78, 5) is 0. The Kier molecular flexibility index (Phi) is 3.78. The second kappa shape index (κ2) is 4.53. The van der Waals surface area contributed by atoms with Crippen molar-refractivity contribution >= 4 is 15.3 Å². The van der Waals surface area contributed by atoms with Gasteiger partial charge in [-0.25, -0.2) is 0 Å². The van der Waals surface area contributed by atoms with Gasteiger partial charge in [0.1, 0.15) is 18.3 Å². The van der Waals surface area contributed by atoms with Crippen molar-refractivity contribution in [2.45, 2.75) is 30.7 Å². The van der Waals surface area contributed by atoms with Crippen molar-refractivity contribution in [2.24, 2.45) is 0 Å². The fraction of sp³-hybridized carbons (Fsp3) is 0.833. The van der Waals surface area contributed by atoms with Gasteiger partial charge in [-0.15, -0.1) is 0 Å². The van der Waals surface area contributed by atoms with Gasteiger partial charge < -0.3 is 30.3 Å². The maximum Gasteiger partial charge on any atom is 0.243 e. The highest BCUT2D eigenvalue weighted by Gasteiger charge is 2.45. The Morgan fingerprint density at radius 3 is 2.00 bits per heavy atom. The van der Waals surface area contributed by atoms with E-state index >= 15 is 0 Å². The zero-order chi connectivity index (χ0) is 11.7. The molecule has 0 bridgehead atoms. The van der Waals surface area contributed by atoms with Crippen LogP contribution in [0.3, 0.4) is 0 Å². The van der Waals surface area contributed by atoms with Crippen LogP contribution in [0, 0.1) is 0 Å². The average Bonchev–Trinajstić information content (AvgIpc) is 2.19. The Morgan fingerprint density at radius 1 is 1.00 bits per heavy atom. The van der Waals surface area contributed by atoms with Gasteiger partial charge in [0, 0.05) is 0 Å². The molecule has 1 heterocycles. The fourth-order valence-electron chi connectivity index (χ4n) is 1.16. The van der Waals surface area contributed by atoms with Gasteiger partial charge in [-0.2, -0.15) is 8.42 Å². The second-order valence-corrected chi connectivity index (χ2v) is 3.88. The lowest BCUT2D eigenvalue weighted by Gasteiger charge is -2.37. The molecule has 9 heteroatoms. The largest absolute Gasteiger partial charge is 0.387 e. The Balaban J connectivity index is 2.99. The van der Waals surface area contributed by atoms with Gasteiger partial charge in [0.2, 0.25) is 15.3 Å². The Labute approximate surface area is 85.5 Å². The molecular weight excluding hydrogens is 232 g/mol. The number of hydrogen-bond acceptors (Lipinski definition) is 7. The van der Waals surface area contributed by atoms with Crippen molar-refractivity contribution < 1.29 is 38.7 Å². The van der Waals surface area contributed by atoms with Crippen LogP contribution in [0.2, 0.25) is 0 Å². The molecule has 8 nitrogen and oxygen atoms in total. The van der Waals surface area contributed by atoms with Crippen LogP contribution < -0.4 is 0 Å². The lowest BCUT2D eigenvalue weighted by Crippen LogP contribution is -2.59. The summed E-state index contributed by atoms with van der Waals surface area (Å²) in [7, 11) is -3.04. The van der Waals surface area contributed by atoms with Gasteiger partial charge >= 0.3 is 0 Å². The molecule has 1 aliphatic heterocycles. The van der Waals surface area contributed by atoms with Crippen LogP contribution in [0.5, 0.6) is 0 Å². The van der Waals surface area contributed by atoms with Crippen LogP contribution in [0.1, 0.15) is 0 Å². The van der Waals surface area contributed by atoms with E-state index in [1.807, 2.05) is 0 Å². The summed E-state index contributed by atoms with van der Waals surface area (Å²) in [5, 5.41) is 44.1. The summed E-state index contributed by atoms with van der Waals surface area (Å²) < 4.78 is 25.1. The van der Waals surface area contributed by atoms with Gasteiger partial charge in [-0.3, -0.25) is 0 Å². The van der Waals surface area contributed by atoms with Crippen molar-refractivity contribution in [1.29, 1.82) is 0 Å². The van der Waals surface area contributed by atoms with Gasteiger partial charge in [0.15, 0.2) is 12.4 Å². The van der Waals surface area contributed by atoms with Crippen LogP contribution in [0.25, 0.3) is 0 Å². The molecule has 0 aromatic carbocycles. The lowest BCUT2D eigenvalue weighted by atomic mass is 9.99. The van der Waals surface area contributed by atoms with Crippen molar-refractivity contribution in [3.8, 4) is 0 Å². The molecule has 5 atom stereocenters. The third kappa shape index (κ3) is 2.34. The fourth-order valence-corrected chi connectivity index (χ4v) is 1.54. The van der Waals surface area contributed by atoms with E-state index in [0.717, 1.165) is 0 Å². The van der Waals surface area contributed by atoms with Crippen LogP contribution in [0.4, 0.5) is 0 Å². The van der Waals surface area contributed by atoms with Crippen LogP contribution in [-0.4, -0.2) is 69.7 Å². The molecule has 88 valence electrons. The van der Waals surface area contributed by atoms with E-state index in [1.54, 1.807) is 0 Å². The molecule has 1 aliphatic rings. The molecule has 0 aliphatic carbocycles. The molecule has 0 radical (unpaired) electrons. The van der Waals surface area contributed by atoms with Gasteiger partial charge in [0.25, 0.3) is 0 Å². The first-order chi connectivity index (χ1) is 6.86. The first kappa shape index (κ1) is 12.5. The van der Waals surface area contributed by atoms with Crippen LogP contribution in [-0.2, 0) is 15.0 Å². The molecular formula is C6H10O8S. The number of rotatable bonds is 1. The Morgan fingerprint density at radius 2 is 1.53 bits per heavy atom. The third-order valence-electron chi connectivity index (χ3n) is 2.00. The SMILES string of the molecule is O=S(=O)=C(O)[C@H]1O[C@@H](O)[C@@H](O)[C@@H](O)[C@@H]1O. The monoisotopic (exact) mass is 242 g/mol. The summed E-state index contributed by atoms with van der Waals surface area (Å²) in [5.41, 5.74) is 0. The van der Waals surface area contributed by atoms with E-state index in [4.69, 9.17) is 20.4 Å². The third-order valence-corrected chi connectivity index (χ3v) is 2.58. The first-order valence-corrected chi connectivity index (χ1v) is 4.96. The smallest absolute Gasteiger partial charge is 0.243 e. The summed E-state index contributed by atoms with van der Waals surface area (Å²) >= 11 is 0. The number of ether oxygens (including phenoxy) is 1. The highest BCUT2D eigenvalue weighted by atomic mass is 32.2. The molecule has 0 aromatic heterocycles. The predicted octanol–water partition coefficient (Wildman–Crippen LogP) is -3.65. The highest BCUT2D eigenvalue weighted by Crippen LogP contribution is 2.19. The first-order valence-electron chi connectivity index (χ1n) is 3.89. The Bertz CT molecular complexity index is 353. The maximum absolute atomic E-state index is 10.3. The molecule has 0 unspecified atom stereocenters. The van der Waals surface area contributed by atoms with Crippen LogP contribution >= 0.6 is 0 Å². The molecule has 1 rings (SSSR count). The minimum absolute atomic E-state index is 1.26. The summed E-state index contributed by atoms with van der Waals surface area (Å²) in [6.45, 7) is 0. The molecule has 5 N–H and O–H groups in total. The van der Waals surface area contributed by atoms with E-state index in [1.165, 1.54) is 0 Å². The molecule has 0 saturated carbocycles. The van der Waals surface area contributed by atoms with E-state index in [0.29, 0.717) is 0 Å². The van der Waals surface area contributed by atoms with Crippen molar-refractivity contribution in [3.05, 3.63) is 0 Å². The standard InChI is InChI=1S/C6H10O8S/c7-1-2(8)4(6(11)15(12)13)14-5(10)3(1)9/h1-5,7-11H/t1-,2-,3-,4-,5+/m0/s1. The van der Waals surface area contributed by atoms with Gasteiger partial charge in [-0.05, 0) is 0 Å². The van der Waals surface area contributed by atoms with Crippen molar-refractivity contribution in [2.75, 3.05) is 0 Å². The highest BCUT2D eigenvalue weighted by molar-refractivity contribution is 7.72.